The Labute approximate surface area is 214 Å². The van der Waals surface area contributed by atoms with Gasteiger partial charge < -0.3 is 4.90 Å². The molecule has 0 saturated carbocycles. The summed E-state index contributed by atoms with van der Waals surface area (Å²) in [4.78, 5) is 5.03. The van der Waals surface area contributed by atoms with Gasteiger partial charge in [0.2, 0.25) is 0 Å². The molecule has 2 heterocycles. The molecule has 0 aliphatic carbocycles. The number of likely N-dealkylation sites (tertiary alicyclic amines) is 1. The van der Waals surface area contributed by atoms with Crippen LogP contribution in [0.4, 0.5) is 0 Å². The van der Waals surface area contributed by atoms with E-state index in [4.69, 9.17) is 0 Å². The van der Waals surface area contributed by atoms with Crippen LogP contribution < -0.4 is 0 Å². The van der Waals surface area contributed by atoms with Crippen molar-refractivity contribution in [2.75, 3.05) is 13.1 Å². The smallest absolute Gasteiger partial charge is 0.0781 e. The van der Waals surface area contributed by atoms with Crippen LogP contribution in [0.25, 0.3) is 0 Å². The van der Waals surface area contributed by atoms with E-state index in [9.17, 15) is 0 Å². The Morgan fingerprint density at radius 1 is 0.879 bits per heavy atom. The topological polar surface area (TPSA) is 6.48 Å². The zero-order chi connectivity index (χ0) is 22.9. The first-order valence-electron chi connectivity index (χ1n) is 12.5. The van der Waals surface area contributed by atoms with Crippen molar-refractivity contribution in [1.82, 2.24) is 9.80 Å². The van der Waals surface area contributed by atoms with Gasteiger partial charge in [-0.2, -0.15) is 0 Å². The van der Waals surface area contributed by atoms with Crippen molar-refractivity contribution in [2.45, 2.75) is 57.7 Å². The van der Waals surface area contributed by atoms with Crippen LogP contribution >= 0.6 is 22.6 Å². The second kappa shape index (κ2) is 12.6. The molecule has 2 aromatic rings. The Hall–Kier alpha value is -1.85. The van der Waals surface area contributed by atoms with Crippen LogP contribution in [0.1, 0.15) is 49.7 Å². The summed E-state index contributed by atoms with van der Waals surface area (Å²) in [5.74, 6) is 0.911. The summed E-state index contributed by atoms with van der Waals surface area (Å²) in [5.41, 5.74) is 4.29. The largest absolute Gasteiger partial charge is 0.362 e. The molecule has 0 amide bonds. The molecule has 2 nitrogen and oxygen atoms in total. The molecule has 2 aromatic carbocycles. The highest BCUT2D eigenvalue weighted by Crippen LogP contribution is 2.32. The van der Waals surface area contributed by atoms with E-state index in [0.717, 1.165) is 19.0 Å². The van der Waals surface area contributed by atoms with Gasteiger partial charge in [0, 0.05) is 22.9 Å². The predicted octanol–water partition coefficient (Wildman–Crippen LogP) is 7.73. The normalized spacial score (nSPS) is 19.8. The lowest BCUT2D eigenvalue weighted by atomic mass is 9.90. The van der Waals surface area contributed by atoms with Gasteiger partial charge >= 0.3 is 0 Å². The maximum absolute atomic E-state index is 4.13. The lowest BCUT2D eigenvalue weighted by Gasteiger charge is -2.33. The number of hydrogen-bond acceptors (Lipinski definition) is 2. The number of hydrogen-bond donors (Lipinski definition) is 0. The summed E-state index contributed by atoms with van der Waals surface area (Å²) in [5, 5.41) is 0. The summed E-state index contributed by atoms with van der Waals surface area (Å²) < 4.78 is 1.44. The second-order valence-corrected chi connectivity index (χ2v) is 10.6. The second-order valence-electron chi connectivity index (χ2n) is 9.48. The summed E-state index contributed by atoms with van der Waals surface area (Å²) >= 11 is 2.55. The maximum Gasteiger partial charge on any atom is 0.0781 e. The molecular formula is C30H37IN2. The zero-order valence-corrected chi connectivity index (χ0v) is 21.9. The third-order valence-corrected chi connectivity index (χ3v) is 8.42. The first kappa shape index (κ1) is 24.3. The fourth-order valence-electron chi connectivity index (χ4n) is 5.10. The van der Waals surface area contributed by atoms with Crippen LogP contribution in [0, 0.1) is 5.92 Å². The third-order valence-electron chi connectivity index (χ3n) is 7.09. The molecule has 174 valence electrons. The lowest BCUT2D eigenvalue weighted by molar-refractivity contribution is 0.170. The van der Waals surface area contributed by atoms with Gasteiger partial charge in [0.05, 0.1) is 6.04 Å². The number of allylic oxidation sites excluding steroid dienone is 2. The molecule has 3 heteroatoms. The van der Waals surface area contributed by atoms with Crippen molar-refractivity contribution in [3.05, 3.63) is 106 Å². The minimum absolute atomic E-state index is 0.291. The molecule has 0 N–H and O–H groups in total. The molecule has 2 aliphatic rings. The monoisotopic (exact) mass is 552 g/mol. The Morgan fingerprint density at radius 2 is 1.52 bits per heavy atom. The predicted molar refractivity (Wildman–Crippen MR) is 149 cm³/mol. The van der Waals surface area contributed by atoms with E-state index >= 15 is 0 Å². The molecule has 1 unspecified atom stereocenters. The van der Waals surface area contributed by atoms with Gasteiger partial charge in [-0.05, 0) is 90.1 Å². The molecule has 2 aliphatic heterocycles. The number of nitrogens with zero attached hydrogens (tertiary/aromatic N) is 2. The number of halogens is 1. The average Bonchev–Trinajstić information content (AvgIpc) is 2.85. The van der Waals surface area contributed by atoms with Gasteiger partial charge in [-0.25, -0.2) is 0 Å². The Morgan fingerprint density at radius 3 is 2.15 bits per heavy atom. The van der Waals surface area contributed by atoms with E-state index in [1.807, 2.05) is 0 Å². The van der Waals surface area contributed by atoms with Gasteiger partial charge in [-0.15, -0.1) is 6.58 Å². The molecular weight excluding hydrogens is 515 g/mol. The molecule has 4 rings (SSSR count). The highest BCUT2D eigenvalue weighted by molar-refractivity contribution is 14.1. The summed E-state index contributed by atoms with van der Waals surface area (Å²) in [6.07, 6.45) is 14.6. The Balaban J connectivity index is 1.18. The van der Waals surface area contributed by atoms with Gasteiger partial charge in [0.15, 0.2) is 0 Å². The van der Waals surface area contributed by atoms with Crippen LogP contribution in [-0.2, 0) is 13.1 Å². The van der Waals surface area contributed by atoms with Crippen LogP contribution in [-0.4, -0.2) is 28.9 Å². The average molecular weight is 553 g/mol. The molecule has 0 aromatic heterocycles. The van der Waals surface area contributed by atoms with Crippen LogP contribution in [0.15, 0.2) is 94.7 Å². The van der Waals surface area contributed by atoms with Crippen molar-refractivity contribution in [2.24, 2.45) is 5.92 Å². The Kier molecular flexibility index (Phi) is 9.25. The molecule has 1 fully saturated rings. The summed E-state index contributed by atoms with van der Waals surface area (Å²) in [7, 11) is 0. The van der Waals surface area contributed by atoms with E-state index in [-0.39, 0.29) is 0 Å². The summed E-state index contributed by atoms with van der Waals surface area (Å²) in [6.45, 7) is 8.68. The number of rotatable bonds is 10. The molecule has 33 heavy (non-hydrogen) atoms. The highest BCUT2D eigenvalue weighted by Gasteiger charge is 2.22. The van der Waals surface area contributed by atoms with Crippen LogP contribution in [0.5, 0.6) is 0 Å². The maximum atomic E-state index is 4.13. The van der Waals surface area contributed by atoms with Crippen LogP contribution in [0.2, 0.25) is 0 Å². The van der Waals surface area contributed by atoms with E-state index in [0.29, 0.717) is 6.04 Å². The molecule has 1 saturated heterocycles. The third kappa shape index (κ3) is 7.07. The van der Waals surface area contributed by atoms with E-state index < -0.39 is 0 Å². The number of piperidine rings is 1. The zero-order valence-electron chi connectivity index (χ0n) is 19.7. The highest BCUT2D eigenvalue weighted by atomic mass is 127. The molecule has 1 atom stereocenters. The minimum atomic E-state index is 0.291. The number of unbranched alkanes of at least 4 members (excludes halogenated alkanes) is 1. The quantitative estimate of drug-likeness (QED) is 0.169. The van der Waals surface area contributed by atoms with E-state index in [1.165, 1.54) is 71.9 Å². The lowest BCUT2D eigenvalue weighted by Crippen LogP contribution is -2.33. The SMILES string of the molecule is C=CC1C(I)=C(CCCCC2CCN(Cc3ccccc3)CC2)C=CN1Cc1ccccc1. The fourth-order valence-corrected chi connectivity index (χ4v) is 6.17. The molecule has 0 bridgehead atoms. The van der Waals surface area contributed by atoms with Gasteiger partial charge in [-0.1, -0.05) is 79.6 Å². The van der Waals surface area contributed by atoms with Crippen molar-refractivity contribution in [3.8, 4) is 0 Å². The van der Waals surface area contributed by atoms with E-state index in [1.54, 1.807) is 0 Å². The van der Waals surface area contributed by atoms with Crippen molar-refractivity contribution in [3.63, 3.8) is 0 Å². The van der Waals surface area contributed by atoms with Crippen molar-refractivity contribution >= 4 is 22.6 Å². The minimum Gasteiger partial charge on any atom is -0.362 e. The number of benzene rings is 2. The van der Waals surface area contributed by atoms with Crippen molar-refractivity contribution in [1.29, 1.82) is 0 Å². The summed E-state index contributed by atoms with van der Waals surface area (Å²) in [6, 6.07) is 21.9. The van der Waals surface area contributed by atoms with Crippen LogP contribution in [0.3, 0.4) is 0 Å². The molecule has 0 spiro atoms. The first-order valence-corrected chi connectivity index (χ1v) is 13.6. The van der Waals surface area contributed by atoms with Crippen molar-refractivity contribution < 1.29 is 0 Å². The van der Waals surface area contributed by atoms with E-state index in [2.05, 4.69) is 118 Å². The standard InChI is InChI=1S/C30H37IN2/c1-2-29-30(31)28(19-22-33(29)24-27-14-7-4-8-15-27)16-10-9-11-25-17-20-32(21-18-25)23-26-12-5-3-6-13-26/h2-8,12-15,19,22,25,29H,1,9-11,16-18,20-21,23-24H2. The molecule has 0 radical (unpaired) electrons. The van der Waals surface area contributed by atoms with Gasteiger partial charge in [0.1, 0.15) is 0 Å². The first-order chi connectivity index (χ1) is 16.2. The Bertz CT molecular complexity index is 926. The van der Waals surface area contributed by atoms with Gasteiger partial charge in [0.25, 0.3) is 0 Å². The van der Waals surface area contributed by atoms with Gasteiger partial charge in [-0.3, -0.25) is 4.90 Å². The fraction of sp³-hybridized carbons (Fsp3) is 0.400.